The largest absolute Gasteiger partial charge is 0.374 e. The molecule has 76 valence electrons. The monoisotopic (exact) mass is 214 g/mol. The molecule has 1 aliphatic heterocycles. The highest BCUT2D eigenvalue weighted by molar-refractivity contribution is 7.60. The van der Waals surface area contributed by atoms with Crippen molar-refractivity contribution in [3.8, 4) is 0 Å². The highest BCUT2D eigenvalue weighted by Crippen LogP contribution is 2.32. The molecular formula is C8H11N2O3P. The maximum Gasteiger partial charge on any atom is 0.374 e. The second-order valence-electron chi connectivity index (χ2n) is 3.25. The molecule has 0 fully saturated rings. The summed E-state index contributed by atoms with van der Waals surface area (Å²) in [5.74, 6) is 0. The predicted octanol–water partition coefficient (Wildman–Crippen LogP) is -0.470. The lowest BCUT2D eigenvalue weighted by molar-refractivity contribution is 0.386. The molecule has 0 amide bonds. The van der Waals surface area contributed by atoms with E-state index in [4.69, 9.17) is 9.79 Å². The molecule has 0 atom stereocenters. The Hall–Kier alpha value is -0.740. The molecule has 0 aromatic carbocycles. The van der Waals surface area contributed by atoms with Crippen LogP contribution in [0.1, 0.15) is 11.3 Å². The number of nitrogens with one attached hydrogen (secondary N) is 1. The predicted molar refractivity (Wildman–Crippen MR) is 51.3 cm³/mol. The zero-order chi connectivity index (χ0) is 10.2. The molecule has 3 N–H and O–H groups in total. The van der Waals surface area contributed by atoms with E-state index < -0.39 is 7.60 Å². The number of fused-ring (bicyclic) bond motifs is 1. The minimum absolute atomic E-state index is 0.127. The SMILES string of the molecule is O=P(O)(O)c1ccc2c(n1)CCNC2. The maximum absolute atomic E-state index is 10.9. The van der Waals surface area contributed by atoms with Crippen molar-refractivity contribution < 1.29 is 14.4 Å². The van der Waals surface area contributed by atoms with E-state index in [2.05, 4.69) is 10.3 Å². The normalized spacial score (nSPS) is 16.4. The van der Waals surface area contributed by atoms with Gasteiger partial charge in [0.1, 0.15) is 0 Å². The summed E-state index contributed by atoms with van der Waals surface area (Å²) in [5, 5.41) is 3.17. The molecule has 1 aromatic heterocycles. The van der Waals surface area contributed by atoms with Crippen LogP contribution in [0.5, 0.6) is 0 Å². The number of hydrogen-bond acceptors (Lipinski definition) is 3. The summed E-state index contributed by atoms with van der Waals surface area (Å²) in [7, 11) is -4.20. The third-order valence-corrected chi connectivity index (χ3v) is 3.05. The zero-order valence-corrected chi connectivity index (χ0v) is 8.37. The van der Waals surface area contributed by atoms with Gasteiger partial charge in [-0.2, -0.15) is 0 Å². The molecular weight excluding hydrogens is 203 g/mol. The van der Waals surface area contributed by atoms with Gasteiger partial charge < -0.3 is 15.1 Å². The number of nitrogens with zero attached hydrogens (tertiary/aromatic N) is 1. The smallest absolute Gasteiger partial charge is 0.320 e. The van der Waals surface area contributed by atoms with Gasteiger partial charge in [-0.3, -0.25) is 4.57 Å². The fourth-order valence-electron chi connectivity index (χ4n) is 1.49. The molecule has 2 rings (SSSR count). The van der Waals surface area contributed by atoms with Crippen molar-refractivity contribution >= 4 is 13.0 Å². The Morgan fingerprint density at radius 3 is 2.93 bits per heavy atom. The lowest BCUT2D eigenvalue weighted by atomic mass is 10.1. The number of pyridine rings is 1. The summed E-state index contributed by atoms with van der Waals surface area (Å²) >= 11 is 0. The van der Waals surface area contributed by atoms with Crippen molar-refractivity contribution in [2.45, 2.75) is 13.0 Å². The summed E-state index contributed by atoms with van der Waals surface area (Å²) in [6, 6.07) is 3.12. The first-order chi connectivity index (χ1) is 6.57. The van der Waals surface area contributed by atoms with Crippen molar-refractivity contribution in [3.63, 3.8) is 0 Å². The van der Waals surface area contributed by atoms with Crippen LogP contribution in [0.15, 0.2) is 12.1 Å². The van der Waals surface area contributed by atoms with E-state index >= 15 is 0 Å². The number of hydrogen-bond donors (Lipinski definition) is 3. The summed E-state index contributed by atoms with van der Waals surface area (Å²) in [4.78, 5) is 21.8. The van der Waals surface area contributed by atoms with E-state index in [1.807, 2.05) is 0 Å². The maximum atomic E-state index is 10.9. The highest BCUT2D eigenvalue weighted by atomic mass is 31.2. The van der Waals surface area contributed by atoms with E-state index in [0.29, 0.717) is 0 Å². The summed E-state index contributed by atoms with van der Waals surface area (Å²) in [6.07, 6.45) is 0.725. The molecule has 1 aliphatic rings. The summed E-state index contributed by atoms with van der Waals surface area (Å²) in [5.41, 5.74) is 1.69. The van der Waals surface area contributed by atoms with Gasteiger partial charge >= 0.3 is 7.60 Å². The van der Waals surface area contributed by atoms with Gasteiger partial charge in [-0.25, -0.2) is 4.98 Å². The molecule has 0 saturated heterocycles. The van der Waals surface area contributed by atoms with E-state index in [0.717, 1.165) is 30.8 Å². The molecule has 0 bridgehead atoms. The van der Waals surface area contributed by atoms with Gasteiger partial charge in [0.25, 0.3) is 0 Å². The van der Waals surface area contributed by atoms with Gasteiger partial charge in [0.15, 0.2) is 5.44 Å². The Kier molecular flexibility index (Phi) is 2.41. The Labute approximate surface area is 81.3 Å². The van der Waals surface area contributed by atoms with Crippen LogP contribution in [0.2, 0.25) is 0 Å². The van der Waals surface area contributed by atoms with Crippen molar-refractivity contribution in [1.82, 2.24) is 10.3 Å². The van der Waals surface area contributed by atoms with Gasteiger partial charge in [-0.1, -0.05) is 6.07 Å². The average molecular weight is 214 g/mol. The fraction of sp³-hybridized carbons (Fsp3) is 0.375. The minimum atomic E-state index is -4.20. The van der Waals surface area contributed by atoms with Crippen molar-refractivity contribution in [1.29, 1.82) is 0 Å². The van der Waals surface area contributed by atoms with Crippen LogP contribution >= 0.6 is 7.60 Å². The van der Waals surface area contributed by atoms with E-state index in [-0.39, 0.29) is 5.44 Å². The summed E-state index contributed by atoms with van der Waals surface area (Å²) in [6.45, 7) is 1.54. The van der Waals surface area contributed by atoms with Gasteiger partial charge in [0.05, 0.1) is 0 Å². The van der Waals surface area contributed by atoms with Crippen LogP contribution in [0.4, 0.5) is 0 Å². The first-order valence-corrected chi connectivity index (χ1v) is 5.94. The molecule has 0 radical (unpaired) electrons. The van der Waals surface area contributed by atoms with Crippen molar-refractivity contribution in [2.24, 2.45) is 0 Å². The highest BCUT2D eigenvalue weighted by Gasteiger charge is 2.21. The number of rotatable bonds is 1. The third kappa shape index (κ3) is 1.86. The fourth-order valence-corrected chi connectivity index (χ4v) is 2.01. The molecule has 0 aliphatic carbocycles. The lowest BCUT2D eigenvalue weighted by Gasteiger charge is -2.16. The third-order valence-electron chi connectivity index (χ3n) is 2.21. The van der Waals surface area contributed by atoms with E-state index in [1.165, 1.54) is 6.07 Å². The number of aromatic nitrogens is 1. The van der Waals surface area contributed by atoms with Gasteiger partial charge in [-0.15, -0.1) is 0 Å². The van der Waals surface area contributed by atoms with Crippen LogP contribution in [0, 0.1) is 0 Å². The van der Waals surface area contributed by atoms with E-state index in [9.17, 15) is 4.57 Å². The van der Waals surface area contributed by atoms with Crippen LogP contribution in [0.25, 0.3) is 0 Å². The van der Waals surface area contributed by atoms with Crippen molar-refractivity contribution in [3.05, 3.63) is 23.4 Å². The minimum Gasteiger partial charge on any atom is -0.320 e. The van der Waals surface area contributed by atoms with E-state index in [1.54, 1.807) is 6.07 Å². The van der Waals surface area contributed by atoms with Gasteiger partial charge in [0.2, 0.25) is 0 Å². The topological polar surface area (TPSA) is 82.5 Å². The first kappa shape index (κ1) is 9.80. The molecule has 14 heavy (non-hydrogen) atoms. The molecule has 0 unspecified atom stereocenters. The molecule has 5 nitrogen and oxygen atoms in total. The second-order valence-corrected chi connectivity index (χ2v) is 4.79. The Bertz CT molecular complexity index is 402. The Balaban J connectivity index is 2.44. The Morgan fingerprint density at radius 1 is 1.43 bits per heavy atom. The molecule has 1 aromatic rings. The van der Waals surface area contributed by atoms with Crippen LogP contribution in [-0.2, 0) is 17.5 Å². The molecule has 2 heterocycles. The van der Waals surface area contributed by atoms with Crippen LogP contribution in [-0.4, -0.2) is 21.3 Å². The molecule has 6 heteroatoms. The van der Waals surface area contributed by atoms with Gasteiger partial charge in [-0.05, 0) is 11.6 Å². The molecule has 0 saturated carbocycles. The summed E-state index contributed by atoms with van der Waals surface area (Å²) < 4.78 is 10.9. The zero-order valence-electron chi connectivity index (χ0n) is 7.47. The quantitative estimate of drug-likeness (QED) is 0.550. The Morgan fingerprint density at radius 2 is 2.21 bits per heavy atom. The first-order valence-electron chi connectivity index (χ1n) is 4.33. The van der Waals surface area contributed by atoms with Crippen LogP contribution in [0.3, 0.4) is 0 Å². The lowest BCUT2D eigenvalue weighted by Crippen LogP contribution is -2.26. The van der Waals surface area contributed by atoms with Crippen molar-refractivity contribution in [2.75, 3.05) is 6.54 Å². The van der Waals surface area contributed by atoms with Crippen LogP contribution < -0.4 is 10.8 Å². The van der Waals surface area contributed by atoms with Gasteiger partial charge in [0, 0.05) is 25.2 Å². The molecule has 0 spiro atoms. The average Bonchev–Trinajstić information content (AvgIpc) is 2.16. The second kappa shape index (κ2) is 3.44. The standard InChI is InChI=1S/C8H11N2O3P/c11-14(12,13)8-2-1-6-5-9-4-3-7(6)10-8/h1-2,9H,3-5H2,(H2,11,12,13).